The Bertz CT molecular complexity index is 344. The molecule has 1 unspecified atom stereocenters. The minimum atomic E-state index is 0. The fourth-order valence-electron chi connectivity index (χ4n) is 2.19. The molecule has 2 N–H and O–H groups in total. The molecule has 0 aliphatic carbocycles. The standard InChI is InChI=1S/C12H17NO2.ClH/c1-14-8-12-11-4-3-10(15-2)7-9(11)5-6-13-12;/h3-4,7,12-13H,5-6,8H2,1-2H3;1H. The van der Waals surface area contributed by atoms with Gasteiger partial charge in [-0.05, 0) is 23.8 Å². The van der Waals surface area contributed by atoms with Crippen molar-refractivity contribution in [3.8, 4) is 5.75 Å². The van der Waals surface area contributed by atoms with Gasteiger partial charge in [0.2, 0.25) is 0 Å². The summed E-state index contributed by atoms with van der Waals surface area (Å²) in [7, 11) is 3.47. The Morgan fingerprint density at radius 1 is 1.38 bits per heavy atom. The molecule has 90 valence electrons. The molecule has 0 spiro atoms. The molecule has 0 aromatic heterocycles. The number of hydrogen-bond donors (Lipinski definition) is 1. The summed E-state index contributed by atoms with van der Waals surface area (Å²) in [6.45, 7) is 1.91. The van der Waals surface area contributed by atoms with Crippen molar-refractivity contribution in [3.63, 3.8) is 0 Å². The Morgan fingerprint density at radius 2 is 2.19 bits per heavy atom. The van der Waals surface area contributed by atoms with Crippen LogP contribution in [0, 0.1) is 0 Å². The first kappa shape index (κ1) is 13.3. The summed E-state index contributed by atoms with van der Waals surface area (Å²) in [4.78, 5) is 0. The predicted octanol–water partition coefficient (Wildman–Crippen LogP) is -2.49. The van der Waals surface area contributed by atoms with E-state index >= 15 is 0 Å². The van der Waals surface area contributed by atoms with Gasteiger partial charge in [0.25, 0.3) is 0 Å². The second-order valence-electron chi connectivity index (χ2n) is 3.90. The maximum absolute atomic E-state index is 5.23. The van der Waals surface area contributed by atoms with E-state index in [0.717, 1.165) is 25.3 Å². The number of methoxy groups -OCH3 is 2. The first-order chi connectivity index (χ1) is 7.35. The topological polar surface area (TPSA) is 35.1 Å². The summed E-state index contributed by atoms with van der Waals surface area (Å²) in [5.41, 5.74) is 2.79. The normalized spacial score (nSPS) is 18.5. The monoisotopic (exact) mass is 243 g/mol. The van der Waals surface area contributed by atoms with Gasteiger partial charge in [-0.1, -0.05) is 0 Å². The van der Waals surface area contributed by atoms with E-state index in [0.29, 0.717) is 6.04 Å². The SMILES string of the molecule is COCC1[NH2+]CCc2cc(OC)ccc21.[Cl-]. The number of quaternary nitrogens is 1. The molecule has 3 nitrogen and oxygen atoms in total. The zero-order chi connectivity index (χ0) is 10.7. The molecular formula is C12H18ClNO2. The van der Waals surface area contributed by atoms with Crippen LogP contribution in [0.5, 0.6) is 5.75 Å². The fourth-order valence-corrected chi connectivity index (χ4v) is 2.19. The molecule has 0 fully saturated rings. The van der Waals surface area contributed by atoms with E-state index in [1.54, 1.807) is 14.2 Å². The smallest absolute Gasteiger partial charge is 0.135 e. The van der Waals surface area contributed by atoms with Gasteiger partial charge in [-0.25, -0.2) is 0 Å². The summed E-state index contributed by atoms with van der Waals surface area (Å²) in [5, 5.41) is 2.35. The highest BCUT2D eigenvalue weighted by atomic mass is 35.5. The van der Waals surface area contributed by atoms with Crippen LogP contribution >= 0.6 is 0 Å². The van der Waals surface area contributed by atoms with Crippen LogP contribution in [0.25, 0.3) is 0 Å². The fraction of sp³-hybridized carbons (Fsp3) is 0.500. The lowest BCUT2D eigenvalue weighted by molar-refractivity contribution is -0.700. The van der Waals surface area contributed by atoms with E-state index in [4.69, 9.17) is 9.47 Å². The van der Waals surface area contributed by atoms with Gasteiger partial charge in [0.1, 0.15) is 18.4 Å². The Labute approximate surface area is 103 Å². The lowest BCUT2D eigenvalue weighted by Crippen LogP contribution is -3.00. The van der Waals surface area contributed by atoms with Crippen LogP contribution in [0.15, 0.2) is 18.2 Å². The molecule has 16 heavy (non-hydrogen) atoms. The van der Waals surface area contributed by atoms with Crippen molar-refractivity contribution in [2.24, 2.45) is 0 Å². The average Bonchev–Trinajstić information content (AvgIpc) is 2.29. The molecule has 1 aromatic rings. The van der Waals surface area contributed by atoms with Crippen LogP contribution in [0.2, 0.25) is 0 Å². The van der Waals surface area contributed by atoms with Gasteiger partial charge in [0.05, 0.1) is 13.7 Å². The van der Waals surface area contributed by atoms with E-state index in [2.05, 4.69) is 17.4 Å². The van der Waals surface area contributed by atoms with Crippen molar-refractivity contribution in [1.29, 1.82) is 0 Å². The number of nitrogens with two attached hydrogens (primary N) is 1. The van der Waals surface area contributed by atoms with Crippen molar-refractivity contribution in [2.75, 3.05) is 27.4 Å². The van der Waals surface area contributed by atoms with Gasteiger partial charge >= 0.3 is 0 Å². The van der Waals surface area contributed by atoms with Crippen LogP contribution in [-0.4, -0.2) is 27.4 Å². The zero-order valence-electron chi connectivity index (χ0n) is 9.70. The second-order valence-corrected chi connectivity index (χ2v) is 3.90. The maximum Gasteiger partial charge on any atom is 0.135 e. The number of hydrogen-bond acceptors (Lipinski definition) is 2. The second kappa shape index (κ2) is 6.09. The summed E-state index contributed by atoms with van der Waals surface area (Å²) in [5.74, 6) is 0.951. The Hall–Kier alpha value is -0.770. The molecule has 2 rings (SSSR count). The Morgan fingerprint density at radius 3 is 2.88 bits per heavy atom. The quantitative estimate of drug-likeness (QED) is 0.638. The van der Waals surface area contributed by atoms with Gasteiger partial charge < -0.3 is 27.2 Å². The number of benzene rings is 1. The van der Waals surface area contributed by atoms with Crippen molar-refractivity contribution >= 4 is 0 Å². The summed E-state index contributed by atoms with van der Waals surface area (Å²) in [6.07, 6.45) is 1.12. The third-order valence-corrected chi connectivity index (χ3v) is 2.96. The Kier molecular flexibility index (Phi) is 5.06. The third kappa shape index (κ3) is 2.67. The van der Waals surface area contributed by atoms with E-state index in [1.165, 1.54) is 11.1 Å². The first-order valence-corrected chi connectivity index (χ1v) is 5.34. The maximum atomic E-state index is 5.23. The summed E-state index contributed by atoms with van der Waals surface area (Å²) in [6, 6.07) is 6.78. The minimum Gasteiger partial charge on any atom is -1.00 e. The van der Waals surface area contributed by atoms with Crippen molar-refractivity contribution in [3.05, 3.63) is 29.3 Å². The van der Waals surface area contributed by atoms with Crippen molar-refractivity contribution in [2.45, 2.75) is 12.5 Å². The van der Waals surface area contributed by atoms with Crippen LogP contribution in [0.1, 0.15) is 17.2 Å². The molecule has 4 heteroatoms. The van der Waals surface area contributed by atoms with Gasteiger partial charge in [-0.3, -0.25) is 0 Å². The number of halogens is 1. The van der Waals surface area contributed by atoms with Gasteiger partial charge in [0.15, 0.2) is 0 Å². The molecule has 1 heterocycles. The molecule has 1 aliphatic heterocycles. The molecule has 1 atom stereocenters. The molecule has 0 saturated carbocycles. The molecule has 1 aliphatic rings. The van der Waals surface area contributed by atoms with E-state index in [-0.39, 0.29) is 12.4 Å². The average molecular weight is 244 g/mol. The first-order valence-electron chi connectivity index (χ1n) is 5.34. The van der Waals surface area contributed by atoms with Crippen LogP contribution in [0.4, 0.5) is 0 Å². The summed E-state index contributed by atoms with van der Waals surface area (Å²) >= 11 is 0. The predicted molar refractivity (Wildman–Crippen MR) is 58.1 cm³/mol. The highest BCUT2D eigenvalue weighted by Gasteiger charge is 2.23. The molecule has 0 bridgehead atoms. The van der Waals surface area contributed by atoms with E-state index in [9.17, 15) is 0 Å². The Balaban J connectivity index is 0.00000128. The number of rotatable bonds is 3. The van der Waals surface area contributed by atoms with Crippen LogP contribution in [-0.2, 0) is 11.2 Å². The molecule has 1 aromatic carbocycles. The van der Waals surface area contributed by atoms with Gasteiger partial charge in [-0.15, -0.1) is 0 Å². The lowest BCUT2D eigenvalue weighted by Gasteiger charge is -2.23. The van der Waals surface area contributed by atoms with Crippen molar-refractivity contribution in [1.82, 2.24) is 0 Å². The van der Waals surface area contributed by atoms with Crippen LogP contribution < -0.4 is 22.5 Å². The largest absolute Gasteiger partial charge is 1.00 e. The zero-order valence-corrected chi connectivity index (χ0v) is 10.5. The lowest BCUT2D eigenvalue weighted by atomic mass is 9.94. The van der Waals surface area contributed by atoms with Gasteiger partial charge in [0, 0.05) is 19.1 Å². The summed E-state index contributed by atoms with van der Waals surface area (Å²) < 4.78 is 10.5. The highest BCUT2D eigenvalue weighted by Crippen LogP contribution is 2.23. The molecular weight excluding hydrogens is 226 g/mol. The van der Waals surface area contributed by atoms with Crippen molar-refractivity contribution < 1.29 is 27.2 Å². The van der Waals surface area contributed by atoms with E-state index < -0.39 is 0 Å². The highest BCUT2D eigenvalue weighted by molar-refractivity contribution is 5.37. The molecule has 0 amide bonds. The van der Waals surface area contributed by atoms with Crippen LogP contribution in [0.3, 0.4) is 0 Å². The number of fused-ring (bicyclic) bond motifs is 1. The van der Waals surface area contributed by atoms with E-state index in [1.807, 2.05) is 6.07 Å². The third-order valence-electron chi connectivity index (χ3n) is 2.96. The number of ether oxygens (including phenoxy) is 2. The molecule has 0 saturated heterocycles. The molecule has 0 radical (unpaired) electrons. The minimum absolute atomic E-state index is 0. The van der Waals surface area contributed by atoms with Gasteiger partial charge in [-0.2, -0.15) is 0 Å².